The zero-order chi connectivity index (χ0) is 19.2. The predicted molar refractivity (Wildman–Crippen MR) is 105 cm³/mol. The highest BCUT2D eigenvalue weighted by Crippen LogP contribution is 2.29. The van der Waals surface area contributed by atoms with Crippen molar-refractivity contribution in [3.05, 3.63) is 46.0 Å². The molecule has 7 nitrogen and oxygen atoms in total. The molecule has 8 heteroatoms. The van der Waals surface area contributed by atoms with Crippen molar-refractivity contribution in [1.82, 2.24) is 9.55 Å². The first-order valence-electron chi connectivity index (χ1n) is 8.92. The van der Waals surface area contributed by atoms with Crippen LogP contribution in [0.15, 0.2) is 34.1 Å². The monoisotopic (exact) mass is 389 g/mol. The fourth-order valence-corrected chi connectivity index (χ4v) is 4.05. The number of fused-ring (bicyclic) bond motifs is 1. The van der Waals surface area contributed by atoms with E-state index in [1.807, 2.05) is 0 Å². The fraction of sp³-hybridized carbons (Fsp3) is 0.421. The number of carbonyl (C=O) groups excluding carboxylic acids is 1. The van der Waals surface area contributed by atoms with Gasteiger partial charge in [-0.15, -0.1) is 0 Å². The summed E-state index contributed by atoms with van der Waals surface area (Å²) in [5.74, 6) is 0.762. The maximum Gasteiger partial charge on any atom is 0.348 e. The number of ether oxygens (including phenoxy) is 1. The first-order chi connectivity index (χ1) is 13.1. The number of amides is 1. The number of nitrogens with zero attached hydrogens (tertiary/aromatic N) is 2. The maximum absolute atomic E-state index is 12.3. The summed E-state index contributed by atoms with van der Waals surface area (Å²) in [6.45, 7) is 0.525. The average Bonchev–Trinajstić information content (AvgIpc) is 3.16. The van der Waals surface area contributed by atoms with E-state index < -0.39 is 0 Å². The van der Waals surface area contributed by atoms with Gasteiger partial charge in [0.1, 0.15) is 10.8 Å². The number of carbonyl (C=O) groups is 1. The van der Waals surface area contributed by atoms with Gasteiger partial charge in [0, 0.05) is 30.1 Å². The molecule has 0 spiro atoms. The van der Waals surface area contributed by atoms with Gasteiger partial charge in [0.15, 0.2) is 0 Å². The molecular weight excluding hydrogens is 366 g/mol. The molecule has 0 bridgehead atoms. The summed E-state index contributed by atoms with van der Waals surface area (Å²) in [6.07, 6.45) is 3.21. The van der Waals surface area contributed by atoms with Gasteiger partial charge in [0.2, 0.25) is 5.91 Å². The highest BCUT2D eigenvalue weighted by atomic mass is 32.2. The molecule has 3 rings (SSSR count). The lowest BCUT2D eigenvalue weighted by Crippen LogP contribution is -2.28. The van der Waals surface area contributed by atoms with Crippen molar-refractivity contribution in [3.8, 4) is 5.75 Å². The van der Waals surface area contributed by atoms with Crippen molar-refractivity contribution in [2.24, 2.45) is 0 Å². The van der Waals surface area contributed by atoms with Crippen LogP contribution in [-0.4, -0.2) is 40.0 Å². The second-order valence-corrected chi connectivity index (χ2v) is 7.24. The number of benzene rings is 1. The van der Waals surface area contributed by atoms with E-state index in [4.69, 9.17) is 9.84 Å². The maximum atomic E-state index is 12.3. The number of aromatic nitrogens is 2. The molecule has 0 fully saturated rings. The van der Waals surface area contributed by atoms with Gasteiger partial charge in [-0.1, -0.05) is 11.8 Å². The molecule has 0 atom stereocenters. The number of nitrogens with one attached hydrogen (secondary N) is 1. The minimum atomic E-state index is -0.304. The standard InChI is InChI=1S/C19H23N3O4S/c1-26-14-8-6-13(7-9-14)20-17(24)12-27-18-15-4-2-5-16(15)22(10-3-11-23)19(25)21-18/h6-9,23H,2-5,10-12H2,1H3,(H,20,24). The molecule has 144 valence electrons. The van der Waals surface area contributed by atoms with E-state index in [1.54, 1.807) is 35.9 Å². The topological polar surface area (TPSA) is 93.5 Å². The normalized spacial score (nSPS) is 12.7. The number of rotatable bonds is 8. The molecule has 0 saturated heterocycles. The van der Waals surface area contributed by atoms with Gasteiger partial charge in [0.05, 0.1) is 12.9 Å². The minimum Gasteiger partial charge on any atom is -0.497 e. The molecule has 0 radical (unpaired) electrons. The fourth-order valence-electron chi connectivity index (χ4n) is 3.17. The number of anilines is 1. The average molecular weight is 389 g/mol. The van der Waals surface area contributed by atoms with Crippen molar-refractivity contribution < 1.29 is 14.6 Å². The van der Waals surface area contributed by atoms with E-state index in [2.05, 4.69) is 10.3 Å². The third-order valence-corrected chi connectivity index (χ3v) is 5.47. The Morgan fingerprint density at radius 1 is 1.33 bits per heavy atom. The van der Waals surface area contributed by atoms with Gasteiger partial charge in [-0.25, -0.2) is 4.79 Å². The molecule has 1 aromatic heterocycles. The number of aliphatic hydroxyl groups excluding tert-OH is 1. The van der Waals surface area contributed by atoms with Crippen LogP contribution in [-0.2, 0) is 24.2 Å². The van der Waals surface area contributed by atoms with Crippen LogP contribution in [0.2, 0.25) is 0 Å². The Hall–Kier alpha value is -2.32. The van der Waals surface area contributed by atoms with Crippen LogP contribution in [0.25, 0.3) is 0 Å². The van der Waals surface area contributed by atoms with Crippen LogP contribution >= 0.6 is 11.8 Å². The Morgan fingerprint density at radius 3 is 2.81 bits per heavy atom. The molecule has 2 N–H and O–H groups in total. The van der Waals surface area contributed by atoms with Gasteiger partial charge in [0.25, 0.3) is 0 Å². The van der Waals surface area contributed by atoms with Crippen LogP contribution in [0.5, 0.6) is 5.75 Å². The van der Waals surface area contributed by atoms with Crippen molar-refractivity contribution in [3.63, 3.8) is 0 Å². The summed E-state index contributed by atoms with van der Waals surface area (Å²) in [6, 6.07) is 7.12. The largest absolute Gasteiger partial charge is 0.497 e. The van der Waals surface area contributed by atoms with Crippen LogP contribution < -0.4 is 15.7 Å². The summed E-state index contributed by atoms with van der Waals surface area (Å²) < 4.78 is 6.76. The quantitative estimate of drug-likeness (QED) is 0.529. The number of hydrogen-bond acceptors (Lipinski definition) is 6. The zero-order valence-electron chi connectivity index (χ0n) is 15.2. The van der Waals surface area contributed by atoms with Crippen molar-refractivity contribution in [1.29, 1.82) is 0 Å². The molecule has 0 aliphatic heterocycles. The summed E-state index contributed by atoms with van der Waals surface area (Å²) in [7, 11) is 1.59. The Labute approximate surface area is 161 Å². The molecule has 2 aromatic rings. The Morgan fingerprint density at radius 2 is 2.11 bits per heavy atom. The lowest BCUT2D eigenvalue weighted by molar-refractivity contribution is -0.113. The number of hydrogen-bond donors (Lipinski definition) is 2. The summed E-state index contributed by atoms with van der Waals surface area (Å²) in [5.41, 5.74) is 2.46. The van der Waals surface area contributed by atoms with Gasteiger partial charge >= 0.3 is 5.69 Å². The SMILES string of the molecule is COc1ccc(NC(=O)CSc2nc(=O)n(CCCO)c3c2CCC3)cc1. The van der Waals surface area contributed by atoms with E-state index in [1.165, 1.54) is 11.8 Å². The van der Waals surface area contributed by atoms with E-state index >= 15 is 0 Å². The van der Waals surface area contributed by atoms with E-state index in [-0.39, 0.29) is 24.0 Å². The Balaban J connectivity index is 1.67. The number of aliphatic hydroxyl groups is 1. The van der Waals surface area contributed by atoms with Crippen LogP contribution in [0.1, 0.15) is 24.1 Å². The third kappa shape index (κ3) is 4.70. The highest BCUT2D eigenvalue weighted by molar-refractivity contribution is 8.00. The zero-order valence-corrected chi connectivity index (χ0v) is 16.1. The summed E-state index contributed by atoms with van der Waals surface area (Å²) in [4.78, 5) is 28.8. The van der Waals surface area contributed by atoms with Crippen molar-refractivity contribution >= 4 is 23.4 Å². The molecule has 1 aliphatic rings. The minimum absolute atomic E-state index is 0.0449. The third-order valence-electron chi connectivity index (χ3n) is 4.45. The molecule has 1 aliphatic carbocycles. The molecular formula is C19H23N3O4S. The van der Waals surface area contributed by atoms with Gasteiger partial charge in [-0.05, 0) is 49.9 Å². The number of thioether (sulfide) groups is 1. The van der Waals surface area contributed by atoms with Crippen molar-refractivity contribution in [2.45, 2.75) is 37.3 Å². The van der Waals surface area contributed by atoms with E-state index in [9.17, 15) is 9.59 Å². The van der Waals surface area contributed by atoms with Crippen molar-refractivity contribution in [2.75, 3.05) is 24.8 Å². The van der Waals surface area contributed by atoms with Gasteiger partial charge < -0.3 is 15.2 Å². The van der Waals surface area contributed by atoms with Crippen LogP contribution in [0, 0.1) is 0 Å². The second kappa shape index (κ2) is 9.05. The molecule has 1 aromatic carbocycles. The molecule has 1 heterocycles. The molecule has 0 unspecified atom stereocenters. The van der Waals surface area contributed by atoms with Gasteiger partial charge in [-0.2, -0.15) is 4.98 Å². The predicted octanol–water partition coefficient (Wildman–Crippen LogP) is 1.85. The Kier molecular flexibility index (Phi) is 6.52. The molecule has 1 amide bonds. The van der Waals surface area contributed by atoms with Crippen LogP contribution in [0.4, 0.5) is 5.69 Å². The lowest BCUT2D eigenvalue weighted by atomic mass is 10.2. The smallest absolute Gasteiger partial charge is 0.348 e. The van der Waals surface area contributed by atoms with Crippen LogP contribution in [0.3, 0.4) is 0 Å². The summed E-state index contributed by atoms with van der Waals surface area (Å²) >= 11 is 1.30. The summed E-state index contributed by atoms with van der Waals surface area (Å²) in [5, 5.41) is 12.5. The Bertz CT molecular complexity index is 864. The first-order valence-corrected chi connectivity index (χ1v) is 9.91. The lowest BCUT2D eigenvalue weighted by Gasteiger charge is -2.13. The number of methoxy groups -OCH3 is 1. The highest BCUT2D eigenvalue weighted by Gasteiger charge is 2.22. The van der Waals surface area contributed by atoms with Gasteiger partial charge in [-0.3, -0.25) is 9.36 Å². The first kappa shape index (κ1) is 19.4. The second-order valence-electron chi connectivity index (χ2n) is 6.27. The molecule has 0 saturated carbocycles. The van der Waals surface area contributed by atoms with E-state index in [0.717, 1.165) is 36.3 Å². The molecule has 27 heavy (non-hydrogen) atoms. The van der Waals surface area contributed by atoms with E-state index in [0.29, 0.717) is 23.7 Å².